The first-order valence-electron chi connectivity index (χ1n) is 4.40. The van der Waals surface area contributed by atoms with Crippen LogP contribution in [0.1, 0.15) is 9.67 Å². The van der Waals surface area contributed by atoms with Crippen LogP contribution in [0.15, 0.2) is 12.1 Å². The number of carbonyl (C=O) groups is 2. The van der Waals surface area contributed by atoms with Crippen LogP contribution in [0, 0.1) is 0 Å². The summed E-state index contributed by atoms with van der Waals surface area (Å²) in [6, 6.07) is 2.95. The average molecular weight is 297 g/mol. The zero-order chi connectivity index (χ0) is 13.1. The topological polar surface area (TPSA) is 77.5 Å². The van der Waals surface area contributed by atoms with Gasteiger partial charge in [0.05, 0.1) is 16.3 Å². The predicted octanol–water partition coefficient (Wildman–Crippen LogP) is 1.17. The van der Waals surface area contributed by atoms with Crippen molar-refractivity contribution in [2.45, 2.75) is 0 Å². The molecule has 0 aliphatic heterocycles. The molecule has 0 unspecified atom stereocenters. The number of ketones is 1. The fraction of sp³-hybridized carbons (Fsp3) is 0.333. The molecule has 0 atom stereocenters. The van der Waals surface area contributed by atoms with Gasteiger partial charge in [0.25, 0.3) is 0 Å². The standard InChI is InChI=1S/C9H9ClO5S2/c1-15-9(12)5-17(13,14)4-6(11)7-2-3-8(10)16-7/h2-3H,4-5H2,1H3. The van der Waals surface area contributed by atoms with Gasteiger partial charge in [-0.2, -0.15) is 0 Å². The van der Waals surface area contributed by atoms with E-state index in [-0.39, 0.29) is 4.88 Å². The van der Waals surface area contributed by atoms with Gasteiger partial charge in [-0.1, -0.05) is 11.6 Å². The van der Waals surface area contributed by atoms with Crippen molar-refractivity contribution in [1.82, 2.24) is 0 Å². The van der Waals surface area contributed by atoms with Gasteiger partial charge in [0, 0.05) is 0 Å². The van der Waals surface area contributed by atoms with Crippen molar-refractivity contribution >= 4 is 44.5 Å². The van der Waals surface area contributed by atoms with E-state index in [4.69, 9.17) is 11.6 Å². The van der Waals surface area contributed by atoms with Gasteiger partial charge in [0.15, 0.2) is 15.6 Å². The molecule has 0 saturated heterocycles. The Morgan fingerprint density at radius 2 is 2.00 bits per heavy atom. The molecular weight excluding hydrogens is 288 g/mol. The Kier molecular flexibility index (Phi) is 4.67. The summed E-state index contributed by atoms with van der Waals surface area (Å²) in [7, 11) is -2.71. The number of hydrogen-bond donors (Lipinski definition) is 0. The summed E-state index contributed by atoms with van der Waals surface area (Å²) >= 11 is 6.62. The number of sulfone groups is 1. The van der Waals surface area contributed by atoms with Gasteiger partial charge in [-0.15, -0.1) is 11.3 Å². The molecule has 0 bridgehead atoms. The Morgan fingerprint density at radius 3 is 2.47 bits per heavy atom. The molecule has 0 aromatic carbocycles. The Bertz CT molecular complexity index is 531. The van der Waals surface area contributed by atoms with Crippen molar-refractivity contribution < 1.29 is 22.7 Å². The number of ether oxygens (including phenoxy) is 1. The van der Waals surface area contributed by atoms with E-state index in [1.165, 1.54) is 12.1 Å². The van der Waals surface area contributed by atoms with E-state index >= 15 is 0 Å². The highest BCUT2D eigenvalue weighted by molar-refractivity contribution is 7.92. The first kappa shape index (κ1) is 14.1. The first-order chi connectivity index (χ1) is 7.84. The number of methoxy groups -OCH3 is 1. The molecule has 0 fully saturated rings. The predicted molar refractivity (Wildman–Crippen MR) is 64.3 cm³/mol. The van der Waals surface area contributed by atoms with E-state index in [9.17, 15) is 18.0 Å². The smallest absolute Gasteiger partial charge is 0.320 e. The maximum atomic E-state index is 11.6. The molecule has 0 aliphatic carbocycles. The van der Waals surface area contributed by atoms with Crippen molar-refractivity contribution in [3.05, 3.63) is 21.3 Å². The van der Waals surface area contributed by atoms with E-state index in [1.807, 2.05) is 0 Å². The van der Waals surface area contributed by atoms with Gasteiger partial charge in [-0.05, 0) is 12.1 Å². The van der Waals surface area contributed by atoms with Crippen LogP contribution in [0.5, 0.6) is 0 Å². The summed E-state index contributed by atoms with van der Waals surface area (Å²) in [5.74, 6) is -2.99. The van der Waals surface area contributed by atoms with Gasteiger partial charge >= 0.3 is 5.97 Å². The van der Waals surface area contributed by atoms with Crippen LogP contribution >= 0.6 is 22.9 Å². The Hall–Kier alpha value is -0.920. The molecule has 0 N–H and O–H groups in total. The molecule has 1 rings (SSSR count). The lowest BCUT2D eigenvalue weighted by Gasteiger charge is -2.01. The molecule has 1 aromatic heterocycles. The highest BCUT2D eigenvalue weighted by atomic mass is 35.5. The summed E-state index contributed by atoms with van der Waals surface area (Å²) in [5, 5.41) is 0. The molecule has 0 radical (unpaired) electrons. The molecule has 0 saturated carbocycles. The Morgan fingerprint density at radius 1 is 1.35 bits per heavy atom. The lowest BCUT2D eigenvalue weighted by Crippen LogP contribution is -2.24. The molecule has 1 aromatic rings. The van der Waals surface area contributed by atoms with E-state index in [0.29, 0.717) is 4.34 Å². The Labute approximate surface area is 107 Å². The van der Waals surface area contributed by atoms with Crippen LogP contribution in [-0.4, -0.2) is 38.8 Å². The van der Waals surface area contributed by atoms with Crippen LogP contribution in [0.3, 0.4) is 0 Å². The third-order valence-electron chi connectivity index (χ3n) is 1.76. The van der Waals surface area contributed by atoms with Gasteiger partial charge in [-0.25, -0.2) is 8.42 Å². The zero-order valence-corrected chi connectivity index (χ0v) is 11.2. The molecular formula is C9H9ClO5S2. The summed E-state index contributed by atoms with van der Waals surface area (Å²) < 4.78 is 27.5. The highest BCUT2D eigenvalue weighted by Gasteiger charge is 2.22. The van der Waals surface area contributed by atoms with Gasteiger partial charge in [0.1, 0.15) is 11.5 Å². The monoisotopic (exact) mass is 296 g/mol. The van der Waals surface area contributed by atoms with Crippen LogP contribution in [0.25, 0.3) is 0 Å². The van der Waals surface area contributed by atoms with Gasteiger partial charge in [-0.3, -0.25) is 9.59 Å². The molecule has 94 valence electrons. The second-order valence-electron chi connectivity index (χ2n) is 3.14. The molecule has 17 heavy (non-hydrogen) atoms. The molecule has 0 spiro atoms. The lowest BCUT2D eigenvalue weighted by atomic mass is 10.4. The number of carbonyl (C=O) groups excluding carboxylic acids is 2. The van der Waals surface area contributed by atoms with E-state index in [0.717, 1.165) is 18.4 Å². The normalized spacial score (nSPS) is 11.2. The fourth-order valence-electron chi connectivity index (χ4n) is 1.02. The maximum Gasteiger partial charge on any atom is 0.320 e. The molecule has 0 aliphatic rings. The van der Waals surface area contributed by atoms with Crippen molar-refractivity contribution in [1.29, 1.82) is 0 Å². The summed E-state index contributed by atoms with van der Waals surface area (Å²) in [6.45, 7) is 0. The lowest BCUT2D eigenvalue weighted by molar-refractivity contribution is -0.137. The van der Waals surface area contributed by atoms with E-state index < -0.39 is 33.1 Å². The van der Waals surface area contributed by atoms with Crippen LogP contribution in [0.4, 0.5) is 0 Å². The summed E-state index contributed by atoms with van der Waals surface area (Å²) in [5.41, 5.74) is 0. The number of hydrogen-bond acceptors (Lipinski definition) is 6. The number of rotatable bonds is 5. The summed E-state index contributed by atoms with van der Waals surface area (Å²) in [6.07, 6.45) is 0. The van der Waals surface area contributed by atoms with Crippen molar-refractivity contribution in [2.75, 3.05) is 18.6 Å². The van der Waals surface area contributed by atoms with Crippen molar-refractivity contribution in [3.63, 3.8) is 0 Å². The van der Waals surface area contributed by atoms with Crippen LogP contribution in [-0.2, 0) is 19.4 Å². The Balaban J connectivity index is 2.71. The van der Waals surface area contributed by atoms with Crippen molar-refractivity contribution in [3.8, 4) is 0 Å². The number of thiophene rings is 1. The SMILES string of the molecule is COC(=O)CS(=O)(=O)CC(=O)c1ccc(Cl)s1. The second-order valence-corrected chi connectivity index (χ2v) is 6.91. The average Bonchev–Trinajstić information content (AvgIpc) is 2.63. The first-order valence-corrected chi connectivity index (χ1v) is 7.41. The third kappa shape index (κ3) is 4.45. The number of Topliss-reactive ketones (excluding diaryl/α,β-unsaturated/α-hetero) is 1. The van der Waals surface area contributed by atoms with Crippen LogP contribution in [0.2, 0.25) is 4.34 Å². The minimum Gasteiger partial charge on any atom is -0.468 e. The highest BCUT2D eigenvalue weighted by Crippen LogP contribution is 2.22. The minimum absolute atomic E-state index is 0.253. The van der Waals surface area contributed by atoms with E-state index in [1.54, 1.807) is 0 Å². The summed E-state index contributed by atoms with van der Waals surface area (Å²) in [4.78, 5) is 22.6. The number of esters is 1. The molecule has 0 amide bonds. The quantitative estimate of drug-likeness (QED) is 0.602. The van der Waals surface area contributed by atoms with Crippen molar-refractivity contribution in [2.24, 2.45) is 0 Å². The largest absolute Gasteiger partial charge is 0.468 e. The van der Waals surface area contributed by atoms with Gasteiger partial charge < -0.3 is 4.74 Å². The zero-order valence-electron chi connectivity index (χ0n) is 8.80. The number of halogens is 1. The van der Waals surface area contributed by atoms with Crippen LogP contribution < -0.4 is 0 Å². The molecule has 8 heteroatoms. The van der Waals surface area contributed by atoms with Gasteiger partial charge in [0.2, 0.25) is 0 Å². The fourth-order valence-corrected chi connectivity index (χ4v) is 3.23. The van der Waals surface area contributed by atoms with E-state index in [2.05, 4.69) is 4.74 Å². The second kappa shape index (κ2) is 5.61. The third-order valence-corrected chi connectivity index (χ3v) is 4.41. The molecule has 1 heterocycles. The molecule has 5 nitrogen and oxygen atoms in total. The minimum atomic E-state index is -3.79. The maximum absolute atomic E-state index is 11.6.